The molecule has 4 N–H and O–H groups in total. The largest absolute Gasteiger partial charge is 0.329 e. The second-order valence-corrected chi connectivity index (χ2v) is 4.33. The summed E-state index contributed by atoms with van der Waals surface area (Å²) >= 11 is 0. The molecule has 0 spiro atoms. The fourth-order valence-electron chi connectivity index (χ4n) is 1.88. The van der Waals surface area contributed by atoms with Crippen molar-refractivity contribution in [1.82, 2.24) is 0 Å². The number of aryl methyl sites for hydroxylation is 1. The first-order chi connectivity index (χ1) is 8.20. The van der Waals surface area contributed by atoms with Crippen molar-refractivity contribution in [2.45, 2.75) is 13.0 Å². The molecule has 88 valence electrons. The molecule has 0 radical (unpaired) electrons. The van der Waals surface area contributed by atoms with Crippen LogP contribution in [0.5, 0.6) is 0 Å². The number of nitrogens with two attached hydrogens (primary N) is 2. The lowest BCUT2D eigenvalue weighted by atomic mass is 10.00. The Balaban J connectivity index is 2.29. The van der Waals surface area contributed by atoms with E-state index >= 15 is 0 Å². The highest BCUT2D eigenvalue weighted by Crippen LogP contribution is 2.22. The van der Waals surface area contributed by atoms with E-state index in [0.29, 0.717) is 6.54 Å². The molecule has 0 unspecified atom stereocenters. The first-order valence-corrected chi connectivity index (χ1v) is 5.83. The van der Waals surface area contributed by atoms with Gasteiger partial charge in [-0.2, -0.15) is 0 Å². The molecule has 0 saturated carbocycles. The predicted molar refractivity (Wildman–Crippen MR) is 72.6 cm³/mol. The van der Waals surface area contributed by atoms with Crippen LogP contribution in [-0.4, -0.2) is 6.54 Å². The van der Waals surface area contributed by atoms with E-state index in [4.69, 9.17) is 11.5 Å². The first-order valence-electron chi connectivity index (χ1n) is 5.83. The molecule has 2 nitrogen and oxygen atoms in total. The highest BCUT2D eigenvalue weighted by atomic mass is 14.7. The summed E-state index contributed by atoms with van der Waals surface area (Å²) in [5.74, 6) is 0. The van der Waals surface area contributed by atoms with Crippen LogP contribution < -0.4 is 11.5 Å². The maximum absolute atomic E-state index is 5.88. The molecule has 1 atom stereocenters. The zero-order valence-corrected chi connectivity index (χ0v) is 10.1. The maximum Gasteiger partial charge on any atom is 0.0419 e. The van der Waals surface area contributed by atoms with Crippen molar-refractivity contribution in [2.75, 3.05) is 6.54 Å². The standard InChI is InChI=1S/C15H18N2/c1-11-3-2-4-14(9-11)12-5-7-13(8-6-12)15(17)10-16/h2-9,15H,10,16-17H2,1H3/t15-/m0/s1. The number of hydrogen-bond donors (Lipinski definition) is 2. The molecule has 2 aromatic rings. The molecule has 0 aliphatic heterocycles. The topological polar surface area (TPSA) is 52.0 Å². The minimum absolute atomic E-state index is 0.0680. The summed E-state index contributed by atoms with van der Waals surface area (Å²) in [6.07, 6.45) is 0. The van der Waals surface area contributed by atoms with Gasteiger partial charge < -0.3 is 11.5 Å². The summed E-state index contributed by atoms with van der Waals surface area (Å²) in [5, 5.41) is 0. The monoisotopic (exact) mass is 226 g/mol. The van der Waals surface area contributed by atoms with Crippen LogP contribution in [0.25, 0.3) is 11.1 Å². The van der Waals surface area contributed by atoms with Gasteiger partial charge in [-0.25, -0.2) is 0 Å². The van der Waals surface area contributed by atoms with Crippen LogP contribution in [0, 0.1) is 6.92 Å². The van der Waals surface area contributed by atoms with Crippen LogP contribution in [0.15, 0.2) is 48.5 Å². The molecule has 2 heteroatoms. The van der Waals surface area contributed by atoms with Gasteiger partial charge >= 0.3 is 0 Å². The van der Waals surface area contributed by atoms with Gasteiger partial charge in [0, 0.05) is 12.6 Å². The molecule has 2 aromatic carbocycles. The van der Waals surface area contributed by atoms with Gasteiger partial charge in [0.25, 0.3) is 0 Å². The zero-order chi connectivity index (χ0) is 12.3. The summed E-state index contributed by atoms with van der Waals surface area (Å²) in [6, 6.07) is 16.7. The van der Waals surface area contributed by atoms with Gasteiger partial charge in [-0.05, 0) is 23.6 Å². The van der Waals surface area contributed by atoms with Crippen molar-refractivity contribution in [3.8, 4) is 11.1 Å². The van der Waals surface area contributed by atoms with Crippen LogP contribution in [-0.2, 0) is 0 Å². The minimum atomic E-state index is -0.0680. The van der Waals surface area contributed by atoms with Gasteiger partial charge in [-0.3, -0.25) is 0 Å². The number of benzene rings is 2. The molecule has 0 aliphatic carbocycles. The first kappa shape index (κ1) is 11.8. The Hall–Kier alpha value is -1.64. The lowest BCUT2D eigenvalue weighted by Crippen LogP contribution is -2.20. The average molecular weight is 226 g/mol. The van der Waals surface area contributed by atoms with Crippen molar-refractivity contribution in [1.29, 1.82) is 0 Å². The predicted octanol–water partition coefficient (Wildman–Crippen LogP) is 2.62. The van der Waals surface area contributed by atoms with Gasteiger partial charge in [0.05, 0.1) is 0 Å². The third-order valence-electron chi connectivity index (χ3n) is 2.94. The van der Waals surface area contributed by atoms with Crippen LogP contribution >= 0.6 is 0 Å². The summed E-state index contributed by atoms with van der Waals surface area (Å²) in [7, 11) is 0. The van der Waals surface area contributed by atoms with Crippen molar-refractivity contribution >= 4 is 0 Å². The van der Waals surface area contributed by atoms with Gasteiger partial charge in [0.2, 0.25) is 0 Å². The molecule has 0 aliphatic rings. The molecule has 0 aromatic heterocycles. The van der Waals surface area contributed by atoms with E-state index in [1.54, 1.807) is 0 Å². The number of rotatable bonds is 3. The molecule has 17 heavy (non-hydrogen) atoms. The van der Waals surface area contributed by atoms with Gasteiger partial charge in [0.15, 0.2) is 0 Å². The van der Waals surface area contributed by atoms with Gasteiger partial charge in [-0.15, -0.1) is 0 Å². The zero-order valence-electron chi connectivity index (χ0n) is 10.1. The Labute approximate surface area is 102 Å². The second kappa shape index (κ2) is 5.13. The van der Waals surface area contributed by atoms with Crippen molar-refractivity contribution < 1.29 is 0 Å². The SMILES string of the molecule is Cc1cccc(-c2ccc([C@@H](N)CN)cc2)c1. The molecular weight excluding hydrogens is 208 g/mol. The molecule has 2 rings (SSSR count). The normalized spacial score (nSPS) is 12.4. The van der Waals surface area contributed by atoms with E-state index in [1.807, 2.05) is 0 Å². The molecule has 0 heterocycles. The Morgan fingerprint density at radius 1 is 1.00 bits per heavy atom. The third kappa shape index (κ3) is 2.73. The molecule has 0 bridgehead atoms. The smallest absolute Gasteiger partial charge is 0.0419 e. The van der Waals surface area contributed by atoms with Crippen LogP contribution in [0.1, 0.15) is 17.2 Å². The lowest BCUT2D eigenvalue weighted by Gasteiger charge is -2.10. The molecule has 0 fully saturated rings. The quantitative estimate of drug-likeness (QED) is 0.845. The maximum atomic E-state index is 5.88. The Morgan fingerprint density at radius 2 is 1.71 bits per heavy atom. The van der Waals surface area contributed by atoms with E-state index in [0.717, 1.165) is 5.56 Å². The summed E-state index contributed by atoms with van der Waals surface area (Å²) < 4.78 is 0. The summed E-state index contributed by atoms with van der Waals surface area (Å²) in [6.45, 7) is 2.58. The average Bonchev–Trinajstić information content (AvgIpc) is 2.38. The molecular formula is C15H18N2. The minimum Gasteiger partial charge on any atom is -0.329 e. The molecule has 0 amide bonds. The van der Waals surface area contributed by atoms with Crippen LogP contribution in [0.3, 0.4) is 0 Å². The van der Waals surface area contributed by atoms with E-state index in [2.05, 4.69) is 55.5 Å². The Bertz CT molecular complexity index is 489. The van der Waals surface area contributed by atoms with Gasteiger partial charge in [0.1, 0.15) is 0 Å². The third-order valence-corrected chi connectivity index (χ3v) is 2.94. The van der Waals surface area contributed by atoms with Crippen molar-refractivity contribution in [3.05, 3.63) is 59.7 Å². The molecule has 0 saturated heterocycles. The van der Waals surface area contributed by atoms with Crippen LogP contribution in [0.4, 0.5) is 0 Å². The van der Waals surface area contributed by atoms with E-state index in [1.165, 1.54) is 16.7 Å². The highest BCUT2D eigenvalue weighted by molar-refractivity contribution is 5.64. The van der Waals surface area contributed by atoms with Gasteiger partial charge in [-0.1, -0.05) is 54.1 Å². The fourth-order valence-corrected chi connectivity index (χ4v) is 1.88. The number of hydrogen-bond acceptors (Lipinski definition) is 2. The summed E-state index contributed by atoms with van der Waals surface area (Å²) in [4.78, 5) is 0. The van der Waals surface area contributed by atoms with Crippen LogP contribution in [0.2, 0.25) is 0 Å². The van der Waals surface area contributed by atoms with E-state index in [9.17, 15) is 0 Å². The Morgan fingerprint density at radius 3 is 2.29 bits per heavy atom. The second-order valence-electron chi connectivity index (χ2n) is 4.33. The lowest BCUT2D eigenvalue weighted by molar-refractivity contribution is 0.737. The Kier molecular flexibility index (Phi) is 3.57. The van der Waals surface area contributed by atoms with E-state index < -0.39 is 0 Å². The highest BCUT2D eigenvalue weighted by Gasteiger charge is 2.03. The van der Waals surface area contributed by atoms with Crippen molar-refractivity contribution in [3.63, 3.8) is 0 Å². The fraction of sp³-hybridized carbons (Fsp3) is 0.200. The van der Waals surface area contributed by atoms with Crippen molar-refractivity contribution in [2.24, 2.45) is 11.5 Å². The summed E-state index contributed by atoms with van der Waals surface area (Å²) in [5.41, 5.74) is 16.2. The van der Waals surface area contributed by atoms with E-state index in [-0.39, 0.29) is 6.04 Å².